The third kappa shape index (κ3) is 3.94. The Balaban J connectivity index is 1.73. The third-order valence-electron chi connectivity index (χ3n) is 4.92. The Morgan fingerprint density at radius 3 is 2.53 bits per heavy atom. The number of nitrogens with zero attached hydrogens (tertiary/aromatic N) is 3. The van der Waals surface area contributed by atoms with Crippen molar-refractivity contribution >= 4 is 45.5 Å². The molecule has 3 N–H and O–H groups in total. The minimum atomic E-state index is -0.289. The van der Waals surface area contributed by atoms with Gasteiger partial charge in [0.15, 0.2) is 5.65 Å². The van der Waals surface area contributed by atoms with Gasteiger partial charge in [0.2, 0.25) is 0 Å². The molecule has 0 saturated heterocycles. The summed E-state index contributed by atoms with van der Waals surface area (Å²) in [6, 6.07) is 14.9. The number of hydrogen-bond donors (Lipinski definition) is 2. The molecule has 4 rings (SSSR count). The zero-order valence-electron chi connectivity index (χ0n) is 16.6. The monoisotopic (exact) mass is 423 g/mol. The topological polar surface area (TPSA) is 95.1 Å². The molecule has 0 bridgehead atoms. The molecular weight excluding hydrogens is 402 g/mol. The van der Waals surface area contributed by atoms with Gasteiger partial charge in [0.05, 0.1) is 11.0 Å². The Bertz CT molecular complexity index is 1200. The fourth-order valence-corrected chi connectivity index (χ4v) is 3.53. The van der Waals surface area contributed by atoms with E-state index in [1.54, 1.807) is 19.2 Å². The minimum Gasteiger partial charge on any atom is -0.385 e. The van der Waals surface area contributed by atoms with Gasteiger partial charge in [-0.3, -0.25) is 4.79 Å². The highest BCUT2D eigenvalue weighted by Crippen LogP contribution is 2.28. The summed E-state index contributed by atoms with van der Waals surface area (Å²) in [7, 11) is 1.65. The molecule has 0 aliphatic rings. The van der Waals surface area contributed by atoms with E-state index in [2.05, 4.69) is 5.32 Å². The number of hydrogen-bond acceptors (Lipinski definition) is 5. The molecule has 0 aliphatic heterocycles. The van der Waals surface area contributed by atoms with Crippen molar-refractivity contribution in [2.75, 3.05) is 19.5 Å². The standard InChI is InChI=1S/C22H22ClN5O2/c1-30-12-4-11-28-20(24)18(22(29)25-13-14-7-9-15(23)10-8-14)19-21(28)27-17-6-3-2-5-16(17)26-19/h2-3,5-10H,4,11-13,24H2,1H3,(H,25,29). The van der Waals surface area contributed by atoms with Gasteiger partial charge < -0.3 is 20.4 Å². The van der Waals surface area contributed by atoms with Crippen LogP contribution in [0.3, 0.4) is 0 Å². The number of nitrogen functional groups attached to an aromatic ring is 1. The second-order valence-corrected chi connectivity index (χ2v) is 7.39. The molecule has 1 amide bonds. The SMILES string of the molecule is COCCCn1c(N)c(C(=O)NCc2ccc(Cl)cc2)c2nc3ccccc3nc21. The van der Waals surface area contributed by atoms with Crippen LogP contribution in [0, 0.1) is 0 Å². The van der Waals surface area contributed by atoms with Crippen LogP contribution in [-0.4, -0.2) is 34.2 Å². The van der Waals surface area contributed by atoms with Crippen LogP contribution in [0.4, 0.5) is 5.82 Å². The lowest BCUT2D eigenvalue weighted by atomic mass is 10.2. The molecule has 2 aromatic heterocycles. The highest BCUT2D eigenvalue weighted by Gasteiger charge is 2.23. The molecule has 0 radical (unpaired) electrons. The number of methoxy groups -OCH3 is 1. The van der Waals surface area contributed by atoms with Crippen LogP contribution in [-0.2, 0) is 17.8 Å². The zero-order chi connectivity index (χ0) is 21.1. The van der Waals surface area contributed by atoms with E-state index >= 15 is 0 Å². The number of benzene rings is 2. The molecule has 8 heteroatoms. The Morgan fingerprint density at radius 1 is 1.13 bits per heavy atom. The van der Waals surface area contributed by atoms with E-state index in [0.717, 1.165) is 17.5 Å². The van der Waals surface area contributed by atoms with E-state index in [1.807, 2.05) is 41.0 Å². The fourth-order valence-electron chi connectivity index (χ4n) is 3.41. The van der Waals surface area contributed by atoms with Crippen molar-refractivity contribution in [1.29, 1.82) is 0 Å². The number of rotatable bonds is 7. The second-order valence-electron chi connectivity index (χ2n) is 6.95. The van der Waals surface area contributed by atoms with E-state index < -0.39 is 0 Å². The lowest BCUT2D eigenvalue weighted by Gasteiger charge is -2.08. The van der Waals surface area contributed by atoms with Crippen molar-refractivity contribution in [3.05, 3.63) is 64.7 Å². The molecule has 2 aromatic carbocycles. The molecule has 0 spiro atoms. The maximum atomic E-state index is 13.1. The number of anilines is 1. The number of nitrogens with two attached hydrogens (primary N) is 1. The minimum absolute atomic E-state index is 0.289. The number of ether oxygens (including phenoxy) is 1. The largest absolute Gasteiger partial charge is 0.385 e. The average Bonchev–Trinajstić information content (AvgIpc) is 3.02. The van der Waals surface area contributed by atoms with Gasteiger partial charge in [-0.1, -0.05) is 35.9 Å². The van der Waals surface area contributed by atoms with E-state index in [4.69, 9.17) is 32.0 Å². The van der Waals surface area contributed by atoms with Crippen molar-refractivity contribution in [1.82, 2.24) is 19.9 Å². The quantitative estimate of drug-likeness (QED) is 0.441. The molecule has 0 fully saturated rings. The van der Waals surface area contributed by atoms with Gasteiger partial charge in [0.25, 0.3) is 5.91 Å². The third-order valence-corrected chi connectivity index (χ3v) is 5.17. The van der Waals surface area contributed by atoms with Crippen molar-refractivity contribution in [3.8, 4) is 0 Å². The van der Waals surface area contributed by atoms with Crippen molar-refractivity contribution in [2.24, 2.45) is 0 Å². The maximum absolute atomic E-state index is 13.1. The summed E-state index contributed by atoms with van der Waals surface area (Å²) in [4.78, 5) is 22.5. The number of para-hydroxylation sites is 2. The predicted octanol–water partition coefficient (Wildman–Crippen LogP) is 3.79. The first-order chi connectivity index (χ1) is 14.6. The number of aryl methyl sites for hydroxylation is 1. The molecule has 0 unspecified atom stereocenters. The first kappa shape index (κ1) is 20.1. The van der Waals surface area contributed by atoms with Gasteiger partial charge in [-0.05, 0) is 36.2 Å². The zero-order valence-corrected chi connectivity index (χ0v) is 17.3. The average molecular weight is 424 g/mol. The molecule has 4 aromatic rings. The number of aromatic nitrogens is 3. The summed E-state index contributed by atoms with van der Waals surface area (Å²) >= 11 is 5.93. The van der Waals surface area contributed by atoms with Crippen molar-refractivity contribution < 1.29 is 9.53 Å². The number of carbonyl (C=O) groups is 1. The van der Waals surface area contributed by atoms with Gasteiger partial charge >= 0.3 is 0 Å². The molecule has 30 heavy (non-hydrogen) atoms. The molecule has 154 valence electrons. The smallest absolute Gasteiger partial charge is 0.257 e. The van der Waals surface area contributed by atoms with Crippen LogP contribution < -0.4 is 11.1 Å². The Morgan fingerprint density at radius 2 is 1.83 bits per heavy atom. The summed E-state index contributed by atoms with van der Waals surface area (Å²) in [6.45, 7) is 1.51. The first-order valence-electron chi connectivity index (χ1n) is 9.64. The molecule has 2 heterocycles. The summed E-state index contributed by atoms with van der Waals surface area (Å²) in [5.41, 5.74) is 10.3. The van der Waals surface area contributed by atoms with E-state index in [-0.39, 0.29) is 5.91 Å². The summed E-state index contributed by atoms with van der Waals surface area (Å²) in [5.74, 6) is 0.0625. The Labute approximate surface area is 178 Å². The van der Waals surface area contributed by atoms with Crippen LogP contribution in [0.5, 0.6) is 0 Å². The van der Waals surface area contributed by atoms with Crippen LogP contribution in [0.1, 0.15) is 22.3 Å². The fraction of sp³-hybridized carbons (Fsp3) is 0.227. The normalized spacial score (nSPS) is 11.3. The number of amides is 1. The molecule has 7 nitrogen and oxygen atoms in total. The maximum Gasteiger partial charge on any atom is 0.257 e. The summed E-state index contributed by atoms with van der Waals surface area (Å²) in [6.07, 6.45) is 0.741. The molecule has 0 aliphatic carbocycles. The van der Waals surface area contributed by atoms with Crippen LogP contribution in [0.25, 0.3) is 22.2 Å². The van der Waals surface area contributed by atoms with Gasteiger partial charge in [-0.25, -0.2) is 9.97 Å². The number of halogens is 1. The highest BCUT2D eigenvalue weighted by atomic mass is 35.5. The lowest BCUT2D eigenvalue weighted by Crippen LogP contribution is -2.24. The van der Waals surface area contributed by atoms with Gasteiger partial charge in [-0.2, -0.15) is 0 Å². The second kappa shape index (κ2) is 8.69. The molecule has 0 atom stereocenters. The van der Waals surface area contributed by atoms with Crippen molar-refractivity contribution in [3.63, 3.8) is 0 Å². The predicted molar refractivity (Wildman–Crippen MR) is 119 cm³/mol. The first-order valence-corrected chi connectivity index (χ1v) is 10.0. The number of nitrogens with one attached hydrogen (secondary N) is 1. The molecule has 0 saturated carbocycles. The van der Waals surface area contributed by atoms with E-state index in [0.29, 0.717) is 52.8 Å². The van der Waals surface area contributed by atoms with E-state index in [1.165, 1.54) is 0 Å². The summed E-state index contributed by atoms with van der Waals surface area (Å²) < 4.78 is 7.00. The van der Waals surface area contributed by atoms with Crippen molar-refractivity contribution in [2.45, 2.75) is 19.5 Å². The van der Waals surface area contributed by atoms with Crippen LogP contribution in [0.15, 0.2) is 48.5 Å². The van der Waals surface area contributed by atoms with Gasteiger partial charge in [0, 0.05) is 31.8 Å². The number of carbonyl (C=O) groups excluding carboxylic acids is 1. The highest BCUT2D eigenvalue weighted by molar-refractivity contribution is 6.30. The lowest BCUT2D eigenvalue weighted by molar-refractivity contribution is 0.0953. The van der Waals surface area contributed by atoms with Crippen LogP contribution >= 0.6 is 11.6 Å². The Kier molecular flexibility index (Phi) is 5.83. The Hall–Kier alpha value is -3.16. The molecular formula is C22H22ClN5O2. The van der Waals surface area contributed by atoms with Gasteiger partial charge in [-0.15, -0.1) is 0 Å². The van der Waals surface area contributed by atoms with E-state index in [9.17, 15) is 4.79 Å². The summed E-state index contributed by atoms with van der Waals surface area (Å²) in [5, 5.41) is 3.58. The number of fused-ring (bicyclic) bond motifs is 2. The van der Waals surface area contributed by atoms with Crippen LogP contribution in [0.2, 0.25) is 5.02 Å². The van der Waals surface area contributed by atoms with Gasteiger partial charge in [0.1, 0.15) is 16.9 Å².